The predicted molar refractivity (Wildman–Crippen MR) is 110 cm³/mol. The Morgan fingerprint density at radius 2 is 1.93 bits per heavy atom. The highest BCUT2D eigenvalue weighted by Crippen LogP contribution is 2.25. The van der Waals surface area contributed by atoms with Crippen LogP contribution in [0.2, 0.25) is 0 Å². The second kappa shape index (κ2) is 7.25. The molecule has 0 unspecified atom stereocenters. The van der Waals surface area contributed by atoms with E-state index in [9.17, 15) is 9.59 Å². The van der Waals surface area contributed by atoms with Crippen molar-refractivity contribution in [3.63, 3.8) is 0 Å². The van der Waals surface area contributed by atoms with Crippen molar-refractivity contribution in [3.05, 3.63) is 70.3 Å². The van der Waals surface area contributed by atoms with Crippen LogP contribution in [0.15, 0.2) is 65.5 Å². The third kappa shape index (κ3) is 3.44. The summed E-state index contributed by atoms with van der Waals surface area (Å²) >= 11 is 1.18. The summed E-state index contributed by atoms with van der Waals surface area (Å²) in [6, 6.07) is 19.1. The molecule has 1 heterocycles. The molecular formula is C21H18N2O3S. The minimum Gasteiger partial charge on any atom is -0.483 e. The number of amides is 1. The van der Waals surface area contributed by atoms with E-state index in [4.69, 9.17) is 4.74 Å². The molecule has 0 saturated heterocycles. The van der Waals surface area contributed by atoms with E-state index in [0.717, 1.165) is 21.0 Å². The minimum absolute atomic E-state index is 0.00951. The lowest BCUT2D eigenvalue weighted by molar-refractivity contribution is -0.118. The SMILES string of the molecule is CCn1c(=O)sc2cc(NC(=O)COc3cccc4ccccc34)ccc21. The Hall–Kier alpha value is -3.12. The van der Waals surface area contributed by atoms with Crippen molar-refractivity contribution in [3.8, 4) is 5.75 Å². The van der Waals surface area contributed by atoms with Crippen molar-refractivity contribution in [2.75, 3.05) is 11.9 Å². The molecule has 0 radical (unpaired) electrons. The second-order valence-electron chi connectivity index (χ2n) is 6.11. The fourth-order valence-corrected chi connectivity index (χ4v) is 4.10. The summed E-state index contributed by atoms with van der Waals surface area (Å²) in [6.07, 6.45) is 0. The third-order valence-corrected chi connectivity index (χ3v) is 5.32. The van der Waals surface area contributed by atoms with E-state index in [-0.39, 0.29) is 17.4 Å². The highest BCUT2D eigenvalue weighted by molar-refractivity contribution is 7.16. The number of ether oxygens (including phenoxy) is 1. The molecule has 1 aromatic heterocycles. The average Bonchev–Trinajstić information content (AvgIpc) is 3.00. The number of hydrogen-bond acceptors (Lipinski definition) is 4. The molecule has 3 aromatic carbocycles. The van der Waals surface area contributed by atoms with Gasteiger partial charge in [-0.1, -0.05) is 47.7 Å². The number of benzene rings is 3. The van der Waals surface area contributed by atoms with Gasteiger partial charge in [0.2, 0.25) is 0 Å². The third-order valence-electron chi connectivity index (χ3n) is 4.38. The van der Waals surface area contributed by atoms with E-state index in [1.807, 2.05) is 61.5 Å². The van der Waals surface area contributed by atoms with Crippen LogP contribution < -0.4 is 14.9 Å². The quantitative estimate of drug-likeness (QED) is 0.565. The number of carbonyl (C=O) groups excluding carboxylic acids is 1. The van der Waals surface area contributed by atoms with Gasteiger partial charge in [-0.2, -0.15) is 0 Å². The van der Waals surface area contributed by atoms with E-state index < -0.39 is 0 Å². The molecule has 0 bridgehead atoms. The average molecular weight is 378 g/mol. The summed E-state index contributed by atoms with van der Waals surface area (Å²) < 4.78 is 8.29. The first-order valence-corrected chi connectivity index (χ1v) is 9.51. The smallest absolute Gasteiger partial charge is 0.308 e. The predicted octanol–water partition coefficient (Wildman–Crippen LogP) is 4.25. The molecule has 1 N–H and O–H groups in total. The highest BCUT2D eigenvalue weighted by atomic mass is 32.1. The molecule has 0 spiro atoms. The zero-order valence-electron chi connectivity index (χ0n) is 14.8. The van der Waals surface area contributed by atoms with E-state index in [0.29, 0.717) is 18.0 Å². The van der Waals surface area contributed by atoms with Crippen LogP contribution in [0.5, 0.6) is 5.75 Å². The lowest BCUT2D eigenvalue weighted by Crippen LogP contribution is -2.20. The number of hydrogen-bond donors (Lipinski definition) is 1. The monoisotopic (exact) mass is 378 g/mol. The fraction of sp³-hybridized carbons (Fsp3) is 0.143. The number of rotatable bonds is 5. The molecule has 0 fully saturated rings. The summed E-state index contributed by atoms with van der Waals surface area (Å²) in [5, 5.41) is 4.87. The van der Waals surface area contributed by atoms with Gasteiger partial charge in [0.1, 0.15) is 5.75 Å². The summed E-state index contributed by atoms with van der Waals surface area (Å²) in [6.45, 7) is 2.48. The topological polar surface area (TPSA) is 60.3 Å². The Kier molecular flexibility index (Phi) is 4.64. The Bertz CT molecular complexity index is 1190. The molecule has 27 heavy (non-hydrogen) atoms. The van der Waals surface area contributed by atoms with E-state index >= 15 is 0 Å². The number of aryl methyl sites for hydroxylation is 1. The Balaban J connectivity index is 1.48. The summed E-state index contributed by atoms with van der Waals surface area (Å²) in [5.41, 5.74) is 1.54. The number of nitrogens with zero attached hydrogens (tertiary/aromatic N) is 1. The highest BCUT2D eigenvalue weighted by Gasteiger charge is 2.09. The molecule has 4 rings (SSSR count). The van der Waals surface area contributed by atoms with Crippen molar-refractivity contribution in [2.24, 2.45) is 0 Å². The van der Waals surface area contributed by atoms with Crippen LogP contribution in [0.1, 0.15) is 6.92 Å². The van der Waals surface area contributed by atoms with Gasteiger partial charge >= 0.3 is 4.87 Å². The van der Waals surface area contributed by atoms with Crippen LogP contribution in [0.4, 0.5) is 5.69 Å². The Labute approximate surface area is 159 Å². The maximum absolute atomic E-state index is 12.3. The lowest BCUT2D eigenvalue weighted by atomic mass is 10.1. The van der Waals surface area contributed by atoms with Gasteiger partial charge in [-0.25, -0.2) is 0 Å². The molecule has 0 saturated carbocycles. The molecule has 0 aliphatic rings. The normalized spacial score (nSPS) is 11.0. The number of thiazole rings is 1. The second-order valence-corrected chi connectivity index (χ2v) is 7.10. The first-order chi connectivity index (χ1) is 13.2. The lowest BCUT2D eigenvalue weighted by Gasteiger charge is -2.10. The molecule has 0 atom stereocenters. The number of nitrogens with one attached hydrogen (secondary N) is 1. The number of aromatic nitrogens is 1. The number of anilines is 1. The molecule has 1 amide bonds. The molecule has 6 heteroatoms. The van der Waals surface area contributed by atoms with E-state index in [2.05, 4.69) is 5.32 Å². The van der Waals surface area contributed by atoms with E-state index in [1.54, 1.807) is 10.6 Å². The van der Waals surface area contributed by atoms with Crippen molar-refractivity contribution in [1.29, 1.82) is 0 Å². The Morgan fingerprint density at radius 3 is 2.78 bits per heavy atom. The van der Waals surface area contributed by atoms with Crippen molar-refractivity contribution in [1.82, 2.24) is 4.57 Å². The number of carbonyl (C=O) groups is 1. The van der Waals surface area contributed by atoms with Crippen LogP contribution in [0.3, 0.4) is 0 Å². The van der Waals surface area contributed by atoms with Gasteiger partial charge in [-0.3, -0.25) is 14.2 Å². The first kappa shape index (κ1) is 17.3. The van der Waals surface area contributed by atoms with Crippen LogP contribution in [0.25, 0.3) is 21.0 Å². The summed E-state index contributed by atoms with van der Waals surface area (Å²) in [7, 11) is 0. The molecule has 136 valence electrons. The maximum atomic E-state index is 12.3. The summed E-state index contributed by atoms with van der Waals surface area (Å²) in [4.78, 5) is 24.2. The minimum atomic E-state index is -0.246. The first-order valence-electron chi connectivity index (χ1n) is 8.69. The van der Waals surface area contributed by atoms with Crippen LogP contribution in [-0.2, 0) is 11.3 Å². The largest absolute Gasteiger partial charge is 0.483 e. The van der Waals surface area contributed by atoms with Crippen LogP contribution >= 0.6 is 11.3 Å². The van der Waals surface area contributed by atoms with E-state index in [1.165, 1.54) is 11.3 Å². The summed E-state index contributed by atoms with van der Waals surface area (Å²) in [5.74, 6) is 0.432. The molecular weight excluding hydrogens is 360 g/mol. The fourth-order valence-electron chi connectivity index (χ4n) is 3.11. The standard InChI is InChI=1S/C21H18N2O3S/c1-2-23-17-11-10-15(12-19(17)27-21(23)25)22-20(24)13-26-18-9-5-7-14-6-3-4-8-16(14)18/h3-12H,2,13H2,1H3,(H,22,24). The van der Waals surface area contributed by atoms with Gasteiger partial charge in [-0.05, 0) is 36.6 Å². The molecule has 4 aromatic rings. The van der Waals surface area contributed by atoms with Crippen LogP contribution in [0, 0.1) is 0 Å². The van der Waals surface area contributed by atoms with Crippen molar-refractivity contribution >= 4 is 43.9 Å². The number of fused-ring (bicyclic) bond motifs is 2. The Morgan fingerprint density at radius 1 is 1.11 bits per heavy atom. The zero-order chi connectivity index (χ0) is 18.8. The van der Waals surface area contributed by atoms with Gasteiger partial charge in [0.25, 0.3) is 5.91 Å². The van der Waals surface area contributed by atoms with Gasteiger partial charge in [0.15, 0.2) is 6.61 Å². The van der Waals surface area contributed by atoms with Gasteiger partial charge in [0, 0.05) is 17.6 Å². The van der Waals surface area contributed by atoms with Gasteiger partial charge < -0.3 is 10.1 Å². The molecule has 5 nitrogen and oxygen atoms in total. The van der Waals surface area contributed by atoms with Crippen molar-refractivity contribution in [2.45, 2.75) is 13.5 Å². The van der Waals surface area contributed by atoms with Crippen LogP contribution in [-0.4, -0.2) is 17.1 Å². The van der Waals surface area contributed by atoms with Gasteiger partial charge in [-0.15, -0.1) is 0 Å². The maximum Gasteiger partial charge on any atom is 0.308 e. The molecule has 0 aliphatic carbocycles. The van der Waals surface area contributed by atoms with Crippen molar-refractivity contribution < 1.29 is 9.53 Å². The van der Waals surface area contributed by atoms with Gasteiger partial charge in [0.05, 0.1) is 10.2 Å². The molecule has 0 aliphatic heterocycles. The zero-order valence-corrected chi connectivity index (χ0v) is 15.6.